The number of nitrogens with two attached hydrogens (primary N) is 1. The molecule has 25 heavy (non-hydrogen) atoms. The first-order valence-corrected chi connectivity index (χ1v) is 8.36. The van der Waals surface area contributed by atoms with Crippen LogP contribution in [0.5, 0.6) is 11.5 Å². The largest absolute Gasteiger partial charge is 0.457 e. The van der Waals surface area contributed by atoms with Crippen molar-refractivity contribution in [1.29, 1.82) is 0 Å². The molecule has 136 valence electrons. The Bertz CT molecular complexity index is 647. The van der Waals surface area contributed by atoms with Gasteiger partial charge in [-0.25, -0.2) is 4.79 Å². The summed E-state index contributed by atoms with van der Waals surface area (Å²) < 4.78 is 5.75. The van der Waals surface area contributed by atoms with Crippen molar-refractivity contribution in [2.24, 2.45) is 0 Å². The van der Waals surface area contributed by atoms with Crippen LogP contribution in [0.3, 0.4) is 0 Å². The van der Waals surface area contributed by atoms with E-state index < -0.39 is 0 Å². The number of amides is 2. The highest BCUT2D eigenvalue weighted by molar-refractivity contribution is 5.92. The number of hydrogen-bond donors (Lipinski definition) is 4. The normalized spacial score (nSPS) is 9.80. The van der Waals surface area contributed by atoms with Gasteiger partial charge in [0.05, 0.1) is 11.4 Å². The van der Waals surface area contributed by atoms with E-state index in [0.717, 1.165) is 18.6 Å². The molecule has 2 rings (SSSR count). The fourth-order valence-corrected chi connectivity index (χ4v) is 2.25. The molecular formula is C19H28N4O2. The molecule has 2 aromatic carbocycles. The van der Waals surface area contributed by atoms with Crippen molar-refractivity contribution in [2.75, 3.05) is 17.6 Å². The Kier molecular flexibility index (Phi) is 8.89. The van der Waals surface area contributed by atoms with Crippen molar-refractivity contribution < 1.29 is 9.53 Å². The molecule has 2 aromatic rings. The molecule has 0 aliphatic rings. The number of carbonyl (C=O) groups excluding carboxylic acids is 1. The first-order chi connectivity index (χ1) is 11.7. The molecule has 0 bridgehead atoms. The molecule has 0 heterocycles. The summed E-state index contributed by atoms with van der Waals surface area (Å²) in [6.45, 7) is 2.82. The molecule has 6 nitrogen and oxygen atoms in total. The average molecular weight is 344 g/mol. The summed E-state index contributed by atoms with van der Waals surface area (Å²) in [5, 5.41) is 5.61. The molecule has 0 saturated heterocycles. The highest BCUT2D eigenvalue weighted by atomic mass is 16.5. The van der Waals surface area contributed by atoms with Crippen molar-refractivity contribution in [1.82, 2.24) is 11.5 Å². The van der Waals surface area contributed by atoms with Crippen LogP contribution >= 0.6 is 0 Å². The number of rotatable bonds is 8. The number of nitrogen functional groups attached to an aromatic ring is 1. The number of hydrogen-bond acceptors (Lipinski definition) is 4. The summed E-state index contributed by atoms with van der Waals surface area (Å²) in [6.07, 6.45) is 4.47. The van der Waals surface area contributed by atoms with Gasteiger partial charge >= 0.3 is 6.03 Å². The highest BCUT2D eigenvalue weighted by Crippen LogP contribution is 2.28. The van der Waals surface area contributed by atoms with Crippen molar-refractivity contribution in [2.45, 2.75) is 32.6 Å². The van der Waals surface area contributed by atoms with E-state index in [0.29, 0.717) is 23.7 Å². The summed E-state index contributed by atoms with van der Waals surface area (Å²) in [7, 11) is 0. The van der Waals surface area contributed by atoms with E-state index in [9.17, 15) is 4.79 Å². The monoisotopic (exact) mass is 344 g/mol. The smallest absolute Gasteiger partial charge is 0.319 e. The second kappa shape index (κ2) is 10.9. The van der Waals surface area contributed by atoms with Crippen molar-refractivity contribution in [3.8, 4) is 11.5 Å². The average Bonchev–Trinajstić information content (AvgIpc) is 2.59. The molecule has 2 amide bonds. The minimum Gasteiger partial charge on any atom is -0.457 e. The van der Waals surface area contributed by atoms with Crippen LogP contribution in [0.4, 0.5) is 16.2 Å². The highest BCUT2D eigenvalue weighted by Gasteiger charge is 2.07. The third-order valence-electron chi connectivity index (χ3n) is 3.57. The third-order valence-corrected chi connectivity index (χ3v) is 3.57. The van der Waals surface area contributed by atoms with Gasteiger partial charge in [-0.2, -0.15) is 0 Å². The van der Waals surface area contributed by atoms with Crippen LogP contribution in [-0.4, -0.2) is 12.6 Å². The molecule has 0 aromatic heterocycles. The SMILES string of the molecule is CCCCCCNC(=O)Nc1cc(Oc2ccccc2)ccc1N.N. The number of para-hydroxylation sites is 1. The molecule has 6 heteroatoms. The predicted molar refractivity (Wildman–Crippen MR) is 104 cm³/mol. The van der Waals surface area contributed by atoms with Crippen LogP contribution in [0, 0.1) is 0 Å². The van der Waals surface area contributed by atoms with E-state index >= 15 is 0 Å². The van der Waals surface area contributed by atoms with Crippen LogP contribution in [0.15, 0.2) is 48.5 Å². The van der Waals surface area contributed by atoms with E-state index in [-0.39, 0.29) is 12.2 Å². The maximum Gasteiger partial charge on any atom is 0.319 e. The Morgan fingerprint density at radius 2 is 1.80 bits per heavy atom. The van der Waals surface area contributed by atoms with Crippen LogP contribution in [0.1, 0.15) is 32.6 Å². The molecule has 0 aliphatic heterocycles. The van der Waals surface area contributed by atoms with E-state index in [2.05, 4.69) is 17.6 Å². The van der Waals surface area contributed by atoms with Gasteiger partial charge in [0.2, 0.25) is 0 Å². The van der Waals surface area contributed by atoms with Crippen molar-refractivity contribution in [3.63, 3.8) is 0 Å². The maximum absolute atomic E-state index is 11.9. The Labute approximate surface area is 149 Å². The number of urea groups is 1. The summed E-state index contributed by atoms with van der Waals surface area (Å²) in [5.74, 6) is 1.35. The Hall–Kier alpha value is -2.73. The van der Waals surface area contributed by atoms with Crippen molar-refractivity contribution >= 4 is 17.4 Å². The zero-order chi connectivity index (χ0) is 17.2. The standard InChI is InChI=1S/C19H25N3O2.H3N/c1-2-3-4-8-13-21-19(23)22-18-14-16(11-12-17(18)20)24-15-9-6-5-7-10-15;/h5-7,9-12,14H,2-4,8,13,20H2,1H3,(H2,21,22,23);1H3. The van der Waals surface area contributed by atoms with Crippen LogP contribution in [0.25, 0.3) is 0 Å². The van der Waals surface area contributed by atoms with E-state index in [4.69, 9.17) is 10.5 Å². The molecule has 0 fully saturated rings. The zero-order valence-corrected chi connectivity index (χ0v) is 14.8. The zero-order valence-electron chi connectivity index (χ0n) is 14.8. The molecule has 7 N–H and O–H groups in total. The lowest BCUT2D eigenvalue weighted by Crippen LogP contribution is -2.29. The van der Waals surface area contributed by atoms with E-state index in [1.165, 1.54) is 12.8 Å². The van der Waals surface area contributed by atoms with Crippen LogP contribution < -0.4 is 27.3 Å². The van der Waals surface area contributed by atoms with Gasteiger partial charge in [0, 0.05) is 12.6 Å². The molecule has 0 saturated carbocycles. The number of unbranched alkanes of at least 4 members (excludes halogenated alkanes) is 3. The maximum atomic E-state index is 11.9. The molecule has 0 atom stereocenters. The summed E-state index contributed by atoms with van der Waals surface area (Å²) in [5.41, 5.74) is 6.96. The first-order valence-electron chi connectivity index (χ1n) is 8.36. The molecule has 0 unspecified atom stereocenters. The Morgan fingerprint density at radius 1 is 1.04 bits per heavy atom. The van der Waals surface area contributed by atoms with Gasteiger partial charge in [-0.3, -0.25) is 0 Å². The lowest BCUT2D eigenvalue weighted by Gasteiger charge is -2.12. The predicted octanol–water partition coefficient (Wildman–Crippen LogP) is 4.92. The van der Waals surface area contributed by atoms with Gasteiger partial charge in [0.1, 0.15) is 11.5 Å². The number of nitrogens with one attached hydrogen (secondary N) is 2. The number of benzene rings is 2. The topological polar surface area (TPSA) is 111 Å². The van der Waals surface area contributed by atoms with Gasteiger partial charge in [0.25, 0.3) is 0 Å². The molecular weight excluding hydrogens is 316 g/mol. The van der Waals surface area contributed by atoms with E-state index in [1.807, 2.05) is 30.3 Å². The second-order valence-electron chi connectivity index (χ2n) is 5.61. The van der Waals surface area contributed by atoms with Gasteiger partial charge in [-0.05, 0) is 30.7 Å². The van der Waals surface area contributed by atoms with Gasteiger partial charge in [-0.15, -0.1) is 0 Å². The second-order valence-corrected chi connectivity index (χ2v) is 5.61. The van der Waals surface area contributed by atoms with Crippen LogP contribution in [-0.2, 0) is 0 Å². The fraction of sp³-hybridized carbons (Fsp3) is 0.316. The number of ether oxygens (including phenoxy) is 1. The summed E-state index contributed by atoms with van der Waals surface area (Å²) in [4.78, 5) is 11.9. The summed E-state index contributed by atoms with van der Waals surface area (Å²) in [6, 6.07) is 14.4. The molecule has 0 aliphatic carbocycles. The lowest BCUT2D eigenvalue weighted by atomic mass is 10.2. The lowest BCUT2D eigenvalue weighted by molar-refractivity contribution is 0.252. The quantitative estimate of drug-likeness (QED) is 0.402. The first kappa shape index (κ1) is 20.3. The number of anilines is 2. The third kappa shape index (κ3) is 7.14. The molecule has 0 spiro atoms. The molecule has 0 radical (unpaired) electrons. The van der Waals surface area contributed by atoms with Crippen molar-refractivity contribution in [3.05, 3.63) is 48.5 Å². The van der Waals surface area contributed by atoms with Gasteiger partial charge in [0.15, 0.2) is 0 Å². The Balaban J connectivity index is 0.00000312. The van der Waals surface area contributed by atoms with Crippen LogP contribution in [0.2, 0.25) is 0 Å². The summed E-state index contributed by atoms with van der Waals surface area (Å²) >= 11 is 0. The Morgan fingerprint density at radius 3 is 2.52 bits per heavy atom. The van der Waals surface area contributed by atoms with Gasteiger partial charge in [-0.1, -0.05) is 44.4 Å². The van der Waals surface area contributed by atoms with E-state index in [1.54, 1.807) is 18.2 Å². The number of carbonyl (C=O) groups is 1. The minimum absolute atomic E-state index is 0. The fourth-order valence-electron chi connectivity index (χ4n) is 2.25. The van der Waals surface area contributed by atoms with Gasteiger partial charge < -0.3 is 27.3 Å². The minimum atomic E-state index is -0.255.